The van der Waals surface area contributed by atoms with E-state index in [4.69, 9.17) is 5.11 Å². The molecule has 3 heteroatoms. The van der Waals surface area contributed by atoms with E-state index in [1.54, 1.807) is 0 Å². The van der Waals surface area contributed by atoms with Gasteiger partial charge in [0.25, 0.3) is 0 Å². The van der Waals surface area contributed by atoms with Crippen molar-refractivity contribution in [2.45, 2.75) is 31.2 Å². The van der Waals surface area contributed by atoms with Crippen molar-refractivity contribution in [3.63, 3.8) is 0 Å². The predicted molar refractivity (Wildman–Crippen MR) is 46.9 cm³/mol. The number of hydrogen-bond acceptors (Lipinski definition) is 1. The van der Waals surface area contributed by atoms with Crippen LogP contribution in [0.5, 0.6) is 0 Å². The van der Waals surface area contributed by atoms with Crippen molar-refractivity contribution in [2.75, 3.05) is 21.1 Å². The van der Waals surface area contributed by atoms with Gasteiger partial charge in [-0.05, 0) is 0 Å². The van der Waals surface area contributed by atoms with Gasteiger partial charge < -0.3 is 9.59 Å². The van der Waals surface area contributed by atoms with E-state index in [1.165, 1.54) is 12.8 Å². The quantitative estimate of drug-likeness (QED) is 0.644. The Balaban J connectivity index is 2.46. The van der Waals surface area contributed by atoms with Crippen molar-refractivity contribution >= 4 is 5.97 Å². The number of quaternary nitrogens is 1. The minimum atomic E-state index is -0.672. The Kier molecular flexibility index (Phi) is 2.17. The first-order valence-electron chi connectivity index (χ1n) is 4.41. The Labute approximate surface area is 73.6 Å². The van der Waals surface area contributed by atoms with Crippen molar-refractivity contribution in [3.05, 3.63) is 0 Å². The van der Waals surface area contributed by atoms with Gasteiger partial charge in [-0.25, -0.2) is 0 Å². The number of hydrogen-bond donors (Lipinski definition) is 1. The Morgan fingerprint density at radius 1 is 1.42 bits per heavy atom. The highest BCUT2D eigenvalue weighted by atomic mass is 16.4. The average Bonchev–Trinajstić information content (AvgIpc) is 2.60. The van der Waals surface area contributed by atoms with Crippen LogP contribution in [0.2, 0.25) is 0 Å². The van der Waals surface area contributed by atoms with Crippen molar-refractivity contribution < 1.29 is 14.4 Å². The summed E-state index contributed by atoms with van der Waals surface area (Å²) in [5.41, 5.74) is 0.276. The van der Waals surface area contributed by atoms with Gasteiger partial charge in [-0.1, -0.05) is 0 Å². The van der Waals surface area contributed by atoms with Gasteiger partial charge in [0.05, 0.1) is 33.1 Å². The Hall–Kier alpha value is -0.570. The summed E-state index contributed by atoms with van der Waals surface area (Å²) in [5.74, 6) is -0.672. The number of nitrogens with zero attached hydrogens (tertiary/aromatic N) is 1. The van der Waals surface area contributed by atoms with E-state index < -0.39 is 5.97 Å². The van der Waals surface area contributed by atoms with Gasteiger partial charge in [-0.15, -0.1) is 0 Å². The van der Waals surface area contributed by atoms with Gasteiger partial charge in [0.1, 0.15) is 0 Å². The smallest absolute Gasteiger partial charge is 0.303 e. The minimum Gasteiger partial charge on any atom is -0.481 e. The zero-order chi connectivity index (χ0) is 9.41. The molecule has 3 nitrogen and oxygen atoms in total. The summed E-state index contributed by atoms with van der Waals surface area (Å²) < 4.78 is 0.903. The van der Waals surface area contributed by atoms with Gasteiger partial charge in [-0.3, -0.25) is 4.79 Å². The first kappa shape index (κ1) is 9.52. The molecule has 0 bridgehead atoms. The van der Waals surface area contributed by atoms with Gasteiger partial charge in [-0.2, -0.15) is 0 Å². The van der Waals surface area contributed by atoms with Crippen molar-refractivity contribution in [3.8, 4) is 0 Å². The largest absolute Gasteiger partial charge is 0.481 e. The molecule has 0 radical (unpaired) electrons. The summed E-state index contributed by atoms with van der Waals surface area (Å²) >= 11 is 0. The van der Waals surface area contributed by atoms with Crippen LogP contribution >= 0.6 is 0 Å². The van der Waals surface area contributed by atoms with Crippen molar-refractivity contribution in [1.82, 2.24) is 0 Å². The van der Waals surface area contributed by atoms with E-state index in [9.17, 15) is 4.79 Å². The van der Waals surface area contributed by atoms with Crippen LogP contribution in [0.1, 0.15) is 25.7 Å². The topological polar surface area (TPSA) is 37.3 Å². The highest BCUT2D eigenvalue weighted by Gasteiger charge is 2.53. The number of carboxylic acids is 1. The molecule has 0 amide bonds. The zero-order valence-electron chi connectivity index (χ0n) is 8.13. The molecule has 1 saturated carbocycles. The van der Waals surface area contributed by atoms with E-state index in [0.29, 0.717) is 6.42 Å². The average molecular weight is 172 g/mol. The van der Waals surface area contributed by atoms with Gasteiger partial charge >= 0.3 is 5.97 Å². The normalized spacial score (nSPS) is 20.6. The molecule has 1 rings (SSSR count). The highest BCUT2D eigenvalue weighted by Crippen LogP contribution is 2.47. The molecule has 0 heterocycles. The number of carbonyl (C=O) groups is 1. The van der Waals surface area contributed by atoms with Crippen LogP contribution < -0.4 is 0 Å². The fourth-order valence-corrected chi connectivity index (χ4v) is 1.74. The minimum absolute atomic E-state index is 0.276. The van der Waals surface area contributed by atoms with E-state index in [-0.39, 0.29) is 5.54 Å². The second-order valence-corrected chi connectivity index (χ2v) is 4.63. The lowest BCUT2D eigenvalue weighted by atomic mass is 10.1. The first-order chi connectivity index (χ1) is 5.37. The summed E-state index contributed by atoms with van der Waals surface area (Å²) in [4.78, 5) is 10.4. The molecule has 0 aromatic rings. The van der Waals surface area contributed by atoms with Gasteiger partial charge in [0.15, 0.2) is 0 Å². The maximum absolute atomic E-state index is 10.4. The molecule has 1 aliphatic rings. The fraction of sp³-hybridized carbons (Fsp3) is 0.889. The number of carboxylic acid groups (broad SMARTS) is 1. The first-order valence-corrected chi connectivity index (χ1v) is 4.41. The Bertz CT molecular complexity index is 189. The zero-order valence-corrected chi connectivity index (χ0v) is 8.13. The molecule has 0 atom stereocenters. The number of rotatable bonds is 4. The van der Waals surface area contributed by atoms with E-state index in [2.05, 4.69) is 21.1 Å². The van der Waals surface area contributed by atoms with Crippen LogP contribution in [0, 0.1) is 0 Å². The van der Waals surface area contributed by atoms with Crippen LogP contribution in [0.4, 0.5) is 0 Å². The molecule has 0 saturated heterocycles. The monoisotopic (exact) mass is 172 g/mol. The van der Waals surface area contributed by atoms with Crippen LogP contribution in [-0.2, 0) is 4.79 Å². The molecule has 0 spiro atoms. The van der Waals surface area contributed by atoms with E-state index in [0.717, 1.165) is 10.9 Å². The van der Waals surface area contributed by atoms with Crippen molar-refractivity contribution in [2.24, 2.45) is 0 Å². The summed E-state index contributed by atoms with van der Waals surface area (Å²) in [6.45, 7) is 0. The third-order valence-corrected chi connectivity index (χ3v) is 3.05. The van der Waals surface area contributed by atoms with Crippen LogP contribution in [0.3, 0.4) is 0 Å². The number of aliphatic carboxylic acids is 1. The SMILES string of the molecule is C[N+](C)(C)C1(CCC(=O)O)CC1. The lowest BCUT2D eigenvalue weighted by Crippen LogP contribution is -2.47. The highest BCUT2D eigenvalue weighted by molar-refractivity contribution is 5.66. The summed E-state index contributed by atoms with van der Waals surface area (Å²) in [6, 6.07) is 0. The lowest BCUT2D eigenvalue weighted by Gasteiger charge is -2.34. The molecular formula is C9H18NO2+. The Morgan fingerprint density at radius 3 is 2.17 bits per heavy atom. The predicted octanol–water partition coefficient (Wildman–Crippen LogP) is 1.09. The fourth-order valence-electron chi connectivity index (χ4n) is 1.74. The molecule has 1 aliphatic carbocycles. The maximum atomic E-state index is 10.4. The van der Waals surface area contributed by atoms with E-state index in [1.807, 2.05) is 0 Å². The third-order valence-electron chi connectivity index (χ3n) is 3.05. The second-order valence-electron chi connectivity index (χ2n) is 4.63. The van der Waals surface area contributed by atoms with Crippen molar-refractivity contribution in [1.29, 1.82) is 0 Å². The Morgan fingerprint density at radius 2 is 1.92 bits per heavy atom. The van der Waals surface area contributed by atoms with Crippen LogP contribution in [-0.4, -0.2) is 42.2 Å². The lowest BCUT2D eigenvalue weighted by molar-refractivity contribution is -0.907. The molecule has 0 aromatic carbocycles. The van der Waals surface area contributed by atoms with Crippen LogP contribution in [0.25, 0.3) is 0 Å². The molecular weight excluding hydrogens is 154 g/mol. The molecule has 1 N–H and O–H groups in total. The summed E-state index contributed by atoms with van der Waals surface area (Å²) in [7, 11) is 6.44. The van der Waals surface area contributed by atoms with Gasteiger partial charge in [0.2, 0.25) is 0 Å². The molecule has 0 unspecified atom stereocenters. The standard InChI is InChI=1S/C9H17NO2/c1-10(2,3)9(6-7-9)5-4-8(11)12/h4-7H2,1-3H3/p+1. The summed E-state index contributed by atoms with van der Waals surface area (Å²) in [5, 5.41) is 8.56. The third kappa shape index (κ3) is 1.78. The molecule has 70 valence electrons. The van der Waals surface area contributed by atoms with E-state index >= 15 is 0 Å². The summed E-state index contributed by atoms with van der Waals surface area (Å²) in [6.07, 6.45) is 3.51. The maximum Gasteiger partial charge on any atom is 0.303 e. The second kappa shape index (κ2) is 2.73. The molecule has 1 fully saturated rings. The van der Waals surface area contributed by atoms with Gasteiger partial charge in [0, 0.05) is 19.3 Å². The van der Waals surface area contributed by atoms with Crippen LogP contribution in [0.15, 0.2) is 0 Å². The molecule has 12 heavy (non-hydrogen) atoms. The molecule has 0 aliphatic heterocycles. The molecule has 0 aromatic heterocycles.